The number of H-pyrrole nitrogens is 1. The number of hydrogen-bond acceptors (Lipinski definition) is 5. The number of nitrogens with one attached hydrogen (secondary N) is 1. The number of imidazole rings is 1. The summed E-state index contributed by atoms with van der Waals surface area (Å²) in [7, 11) is 0. The fourth-order valence-electron chi connectivity index (χ4n) is 3.40. The molecule has 1 N–H and O–H groups in total. The first-order valence-electron chi connectivity index (χ1n) is 8.80. The molecular weight excluding hydrogens is 302 g/mol. The standard InChI is InChI=1S/C18H23N5O/c1-2-5-16-21-17(24-22-16)12-23-10-8-13(9-11-23)18-19-14-6-3-4-7-15(14)20-18/h3-4,6-7,13H,2,5,8-12H2,1H3,(H,19,20). The lowest BCUT2D eigenvalue weighted by Gasteiger charge is -2.29. The van der Waals surface area contributed by atoms with Crippen LogP contribution in [0.3, 0.4) is 0 Å². The van der Waals surface area contributed by atoms with Gasteiger partial charge in [-0.05, 0) is 44.5 Å². The van der Waals surface area contributed by atoms with Crippen LogP contribution in [-0.4, -0.2) is 38.1 Å². The molecule has 24 heavy (non-hydrogen) atoms. The van der Waals surface area contributed by atoms with Gasteiger partial charge in [-0.1, -0.05) is 24.2 Å². The number of nitrogens with zero attached hydrogens (tertiary/aromatic N) is 4. The molecule has 126 valence electrons. The largest absolute Gasteiger partial charge is 0.342 e. The molecule has 0 aliphatic carbocycles. The topological polar surface area (TPSA) is 70.8 Å². The minimum absolute atomic E-state index is 0.506. The van der Waals surface area contributed by atoms with Crippen molar-refractivity contribution in [3.8, 4) is 0 Å². The van der Waals surface area contributed by atoms with Crippen molar-refractivity contribution in [3.63, 3.8) is 0 Å². The Balaban J connectivity index is 1.35. The molecule has 0 bridgehead atoms. The molecule has 1 saturated heterocycles. The average molecular weight is 325 g/mol. The fraction of sp³-hybridized carbons (Fsp3) is 0.500. The number of likely N-dealkylation sites (tertiary alicyclic amines) is 1. The first-order valence-corrected chi connectivity index (χ1v) is 8.80. The highest BCUT2D eigenvalue weighted by Crippen LogP contribution is 2.28. The number of fused-ring (bicyclic) bond motifs is 1. The summed E-state index contributed by atoms with van der Waals surface area (Å²) in [4.78, 5) is 15.1. The lowest BCUT2D eigenvalue weighted by molar-refractivity contribution is 0.179. The Labute approximate surface area is 141 Å². The van der Waals surface area contributed by atoms with Crippen LogP contribution in [0.1, 0.15) is 49.6 Å². The Morgan fingerprint density at radius 2 is 2.04 bits per heavy atom. The monoisotopic (exact) mass is 325 g/mol. The van der Waals surface area contributed by atoms with E-state index in [9.17, 15) is 0 Å². The quantitative estimate of drug-likeness (QED) is 0.779. The van der Waals surface area contributed by atoms with Crippen LogP contribution >= 0.6 is 0 Å². The number of rotatable bonds is 5. The highest BCUT2D eigenvalue weighted by molar-refractivity contribution is 5.74. The minimum Gasteiger partial charge on any atom is -0.342 e. The maximum Gasteiger partial charge on any atom is 0.240 e. The van der Waals surface area contributed by atoms with Crippen LogP contribution in [-0.2, 0) is 13.0 Å². The van der Waals surface area contributed by atoms with Crippen molar-refractivity contribution in [2.45, 2.75) is 45.1 Å². The van der Waals surface area contributed by atoms with Gasteiger partial charge in [-0.3, -0.25) is 4.90 Å². The maximum absolute atomic E-state index is 5.35. The van der Waals surface area contributed by atoms with Crippen LogP contribution in [0.2, 0.25) is 0 Å². The van der Waals surface area contributed by atoms with Gasteiger partial charge in [-0.15, -0.1) is 0 Å². The first-order chi connectivity index (χ1) is 11.8. The number of piperidine rings is 1. The summed E-state index contributed by atoms with van der Waals surface area (Å²) in [5.74, 6) is 3.19. The van der Waals surface area contributed by atoms with Crippen LogP contribution < -0.4 is 0 Å². The van der Waals surface area contributed by atoms with Gasteiger partial charge in [0.2, 0.25) is 5.89 Å². The van der Waals surface area contributed by atoms with E-state index in [0.717, 1.165) is 73.9 Å². The lowest BCUT2D eigenvalue weighted by atomic mass is 9.96. The van der Waals surface area contributed by atoms with Crippen LogP contribution in [0.15, 0.2) is 28.8 Å². The van der Waals surface area contributed by atoms with E-state index < -0.39 is 0 Å². The van der Waals surface area contributed by atoms with Crippen molar-refractivity contribution in [1.29, 1.82) is 0 Å². The maximum atomic E-state index is 5.35. The summed E-state index contributed by atoms with van der Waals surface area (Å²) in [5, 5.41) is 4.03. The van der Waals surface area contributed by atoms with Crippen LogP contribution in [0, 0.1) is 0 Å². The van der Waals surface area contributed by atoms with Crippen LogP contribution in [0.25, 0.3) is 11.0 Å². The van der Waals surface area contributed by atoms with Gasteiger partial charge in [0.15, 0.2) is 5.82 Å². The third-order valence-corrected chi connectivity index (χ3v) is 4.72. The van der Waals surface area contributed by atoms with Crippen molar-refractivity contribution in [2.24, 2.45) is 0 Å². The normalized spacial score (nSPS) is 16.9. The second-order valence-corrected chi connectivity index (χ2v) is 6.54. The molecule has 0 amide bonds. The van der Waals surface area contributed by atoms with Crippen LogP contribution in [0.5, 0.6) is 0 Å². The van der Waals surface area contributed by atoms with Crippen molar-refractivity contribution >= 4 is 11.0 Å². The highest BCUT2D eigenvalue weighted by atomic mass is 16.5. The van der Waals surface area contributed by atoms with Gasteiger partial charge in [0, 0.05) is 12.3 Å². The van der Waals surface area contributed by atoms with E-state index in [-0.39, 0.29) is 0 Å². The zero-order chi connectivity index (χ0) is 16.4. The third kappa shape index (κ3) is 3.19. The summed E-state index contributed by atoms with van der Waals surface area (Å²) in [6.07, 6.45) is 4.14. The van der Waals surface area contributed by atoms with Gasteiger partial charge < -0.3 is 9.51 Å². The van der Waals surface area contributed by atoms with Gasteiger partial charge in [-0.2, -0.15) is 4.98 Å². The van der Waals surface area contributed by atoms with Gasteiger partial charge in [0.1, 0.15) is 5.82 Å². The summed E-state index contributed by atoms with van der Waals surface area (Å²) in [6.45, 7) is 4.95. The molecule has 6 nitrogen and oxygen atoms in total. The molecule has 0 saturated carbocycles. The van der Waals surface area contributed by atoms with Crippen LogP contribution in [0.4, 0.5) is 0 Å². The van der Waals surface area contributed by atoms with Crippen molar-refractivity contribution < 1.29 is 4.52 Å². The van der Waals surface area contributed by atoms with E-state index in [4.69, 9.17) is 9.51 Å². The Kier molecular flexibility index (Phi) is 4.30. The molecule has 0 radical (unpaired) electrons. The molecule has 1 aliphatic rings. The molecule has 6 heteroatoms. The zero-order valence-corrected chi connectivity index (χ0v) is 14.0. The van der Waals surface area contributed by atoms with E-state index in [2.05, 4.69) is 39.1 Å². The minimum atomic E-state index is 0.506. The Morgan fingerprint density at radius 3 is 2.83 bits per heavy atom. The van der Waals surface area contributed by atoms with Crippen molar-refractivity contribution in [1.82, 2.24) is 25.0 Å². The number of para-hydroxylation sites is 2. The second kappa shape index (κ2) is 6.73. The number of aromatic nitrogens is 4. The van der Waals surface area contributed by atoms with E-state index in [0.29, 0.717) is 5.92 Å². The first kappa shape index (κ1) is 15.3. The predicted molar refractivity (Wildman–Crippen MR) is 91.6 cm³/mol. The average Bonchev–Trinajstić information content (AvgIpc) is 3.22. The molecule has 0 unspecified atom stereocenters. The SMILES string of the molecule is CCCc1noc(CN2CCC(c3nc4ccccc4[nH]3)CC2)n1. The van der Waals surface area contributed by atoms with E-state index in [1.54, 1.807) is 0 Å². The zero-order valence-electron chi connectivity index (χ0n) is 14.0. The van der Waals surface area contributed by atoms with Crippen molar-refractivity contribution in [3.05, 3.63) is 41.8 Å². The second-order valence-electron chi connectivity index (χ2n) is 6.54. The number of hydrogen-bond donors (Lipinski definition) is 1. The summed E-state index contributed by atoms with van der Waals surface area (Å²) in [6, 6.07) is 8.23. The van der Waals surface area contributed by atoms with E-state index >= 15 is 0 Å². The third-order valence-electron chi connectivity index (χ3n) is 4.72. The molecule has 3 heterocycles. The molecular formula is C18H23N5O. The molecule has 0 spiro atoms. The van der Waals surface area contributed by atoms with E-state index in [1.165, 1.54) is 0 Å². The molecule has 4 rings (SSSR count). The number of aromatic amines is 1. The molecule has 3 aromatic rings. The Hall–Kier alpha value is -2.21. The summed E-state index contributed by atoms with van der Waals surface area (Å²) >= 11 is 0. The predicted octanol–water partition coefficient (Wildman–Crippen LogP) is 3.28. The molecule has 1 aromatic carbocycles. The Bertz CT molecular complexity index is 767. The van der Waals surface area contributed by atoms with Gasteiger partial charge in [-0.25, -0.2) is 4.98 Å². The van der Waals surface area contributed by atoms with E-state index in [1.807, 2.05) is 12.1 Å². The highest BCUT2D eigenvalue weighted by Gasteiger charge is 2.24. The van der Waals surface area contributed by atoms with Crippen molar-refractivity contribution in [2.75, 3.05) is 13.1 Å². The summed E-state index contributed by atoms with van der Waals surface area (Å²) < 4.78 is 5.35. The smallest absolute Gasteiger partial charge is 0.240 e. The lowest BCUT2D eigenvalue weighted by Crippen LogP contribution is -2.32. The van der Waals surface area contributed by atoms with Gasteiger partial charge in [0.25, 0.3) is 0 Å². The van der Waals surface area contributed by atoms with Gasteiger partial charge >= 0.3 is 0 Å². The molecule has 1 fully saturated rings. The molecule has 1 aliphatic heterocycles. The summed E-state index contributed by atoms with van der Waals surface area (Å²) in [5.41, 5.74) is 2.19. The number of aryl methyl sites for hydroxylation is 1. The number of benzene rings is 1. The fourth-order valence-corrected chi connectivity index (χ4v) is 3.40. The molecule has 0 atom stereocenters. The van der Waals surface area contributed by atoms with Gasteiger partial charge in [0.05, 0.1) is 17.6 Å². The molecule has 2 aromatic heterocycles. The Morgan fingerprint density at radius 1 is 1.21 bits per heavy atom.